The third-order valence-electron chi connectivity index (χ3n) is 3.35. The summed E-state index contributed by atoms with van der Waals surface area (Å²) >= 11 is 5.91. The van der Waals surface area contributed by atoms with Gasteiger partial charge < -0.3 is 10.5 Å². The highest BCUT2D eigenvalue weighted by molar-refractivity contribution is 6.31. The first-order chi connectivity index (χ1) is 10.1. The molecule has 0 radical (unpaired) electrons. The Bertz CT molecular complexity index is 603. The van der Waals surface area contributed by atoms with Crippen molar-refractivity contribution in [2.45, 2.75) is 32.4 Å². The average Bonchev–Trinajstić information content (AvgIpc) is 2.49. The maximum atomic E-state index is 13.4. The van der Waals surface area contributed by atoms with Crippen LogP contribution >= 0.6 is 11.6 Å². The Labute approximate surface area is 129 Å². The van der Waals surface area contributed by atoms with Gasteiger partial charge in [0.25, 0.3) is 0 Å². The molecule has 2 nitrogen and oxygen atoms in total. The zero-order valence-corrected chi connectivity index (χ0v) is 12.7. The van der Waals surface area contributed by atoms with Gasteiger partial charge in [0.15, 0.2) is 0 Å². The van der Waals surface area contributed by atoms with E-state index < -0.39 is 5.82 Å². The molecule has 0 amide bonds. The van der Waals surface area contributed by atoms with Crippen LogP contribution in [0.15, 0.2) is 42.5 Å². The molecule has 0 spiro atoms. The molecule has 0 fully saturated rings. The van der Waals surface area contributed by atoms with Crippen molar-refractivity contribution in [2.75, 3.05) is 0 Å². The van der Waals surface area contributed by atoms with Gasteiger partial charge in [-0.1, -0.05) is 42.8 Å². The molecule has 0 saturated carbocycles. The monoisotopic (exact) mass is 307 g/mol. The lowest BCUT2D eigenvalue weighted by Gasteiger charge is -2.11. The van der Waals surface area contributed by atoms with Crippen molar-refractivity contribution in [1.82, 2.24) is 0 Å². The van der Waals surface area contributed by atoms with Crippen molar-refractivity contribution < 1.29 is 9.13 Å². The Morgan fingerprint density at radius 1 is 1.24 bits per heavy atom. The second-order valence-electron chi connectivity index (χ2n) is 5.02. The molecule has 4 heteroatoms. The highest BCUT2D eigenvalue weighted by atomic mass is 35.5. The van der Waals surface area contributed by atoms with Crippen LogP contribution in [-0.2, 0) is 13.0 Å². The summed E-state index contributed by atoms with van der Waals surface area (Å²) in [4.78, 5) is 0. The number of hydrogen-bond acceptors (Lipinski definition) is 2. The van der Waals surface area contributed by atoms with Gasteiger partial charge in [0.05, 0.1) is 5.02 Å². The quantitative estimate of drug-likeness (QED) is 0.861. The van der Waals surface area contributed by atoms with Gasteiger partial charge in [0.1, 0.15) is 18.2 Å². The van der Waals surface area contributed by atoms with Crippen LogP contribution in [-0.4, -0.2) is 6.04 Å². The van der Waals surface area contributed by atoms with Crippen LogP contribution in [0.5, 0.6) is 5.75 Å². The van der Waals surface area contributed by atoms with E-state index in [4.69, 9.17) is 22.1 Å². The van der Waals surface area contributed by atoms with Gasteiger partial charge in [-0.25, -0.2) is 4.39 Å². The van der Waals surface area contributed by atoms with Crippen molar-refractivity contribution in [3.05, 3.63) is 64.4 Å². The highest BCUT2D eigenvalue weighted by Gasteiger charge is 2.07. The topological polar surface area (TPSA) is 35.2 Å². The summed E-state index contributed by atoms with van der Waals surface area (Å²) in [7, 11) is 0. The van der Waals surface area contributed by atoms with E-state index in [1.807, 2.05) is 24.3 Å². The third-order valence-corrected chi connectivity index (χ3v) is 3.77. The Hall–Kier alpha value is -1.58. The van der Waals surface area contributed by atoms with Crippen LogP contribution in [0, 0.1) is 5.82 Å². The Morgan fingerprint density at radius 2 is 2.00 bits per heavy atom. The molecule has 0 bridgehead atoms. The van der Waals surface area contributed by atoms with Gasteiger partial charge in [-0.3, -0.25) is 0 Å². The van der Waals surface area contributed by atoms with Gasteiger partial charge in [-0.2, -0.15) is 0 Å². The first-order valence-electron chi connectivity index (χ1n) is 7.00. The van der Waals surface area contributed by atoms with Crippen LogP contribution in [0.2, 0.25) is 5.02 Å². The molecule has 2 N–H and O–H groups in total. The van der Waals surface area contributed by atoms with Crippen molar-refractivity contribution in [2.24, 2.45) is 5.73 Å². The molecule has 0 saturated heterocycles. The minimum Gasteiger partial charge on any atom is -0.489 e. The molecule has 0 aliphatic carbocycles. The molecule has 0 aliphatic heterocycles. The molecule has 0 aliphatic rings. The summed E-state index contributed by atoms with van der Waals surface area (Å²) in [6.45, 7) is 2.30. The predicted octanol–water partition coefficient (Wildman–Crippen LogP) is 4.34. The van der Waals surface area contributed by atoms with E-state index in [1.165, 1.54) is 6.07 Å². The molecule has 112 valence electrons. The van der Waals surface area contributed by atoms with Crippen molar-refractivity contribution in [1.29, 1.82) is 0 Å². The number of ether oxygens (including phenoxy) is 1. The maximum Gasteiger partial charge on any atom is 0.142 e. The Kier molecular flexibility index (Phi) is 5.59. The fourth-order valence-electron chi connectivity index (χ4n) is 2.03. The smallest absolute Gasteiger partial charge is 0.142 e. The number of nitrogens with two attached hydrogens (primary N) is 1. The maximum absolute atomic E-state index is 13.4. The third kappa shape index (κ3) is 4.45. The van der Waals surface area contributed by atoms with Gasteiger partial charge in [-0.15, -0.1) is 0 Å². The van der Waals surface area contributed by atoms with Crippen molar-refractivity contribution >= 4 is 11.6 Å². The summed E-state index contributed by atoms with van der Waals surface area (Å²) in [5.41, 5.74) is 7.72. The van der Waals surface area contributed by atoms with Crippen LogP contribution in [0.1, 0.15) is 24.5 Å². The molecule has 0 aromatic heterocycles. The van der Waals surface area contributed by atoms with E-state index in [-0.39, 0.29) is 17.7 Å². The lowest BCUT2D eigenvalue weighted by molar-refractivity contribution is 0.305. The van der Waals surface area contributed by atoms with Crippen molar-refractivity contribution in [3.63, 3.8) is 0 Å². The van der Waals surface area contributed by atoms with Crippen LogP contribution in [0.25, 0.3) is 0 Å². The summed E-state index contributed by atoms with van der Waals surface area (Å²) in [6, 6.07) is 12.6. The fraction of sp³-hybridized carbons (Fsp3) is 0.294. The standard InChI is InChI=1S/C17H19ClFNO/c1-2-14(20)9-12-5-3-7-15(10-12)21-11-13-6-4-8-16(19)17(13)18/h3-8,10,14H,2,9,11,20H2,1H3. The van der Waals surface area contributed by atoms with Crippen LogP contribution in [0.4, 0.5) is 4.39 Å². The number of halogens is 2. The molecule has 1 unspecified atom stereocenters. The van der Waals surface area contributed by atoms with E-state index in [0.29, 0.717) is 5.56 Å². The zero-order chi connectivity index (χ0) is 15.2. The van der Waals surface area contributed by atoms with E-state index >= 15 is 0 Å². The van der Waals surface area contributed by atoms with Crippen molar-refractivity contribution in [3.8, 4) is 5.75 Å². The summed E-state index contributed by atoms with van der Waals surface area (Å²) in [5.74, 6) is 0.302. The normalized spacial score (nSPS) is 12.2. The van der Waals surface area contributed by atoms with E-state index in [2.05, 4.69) is 6.92 Å². The SMILES string of the molecule is CCC(N)Cc1cccc(OCc2cccc(F)c2Cl)c1. The summed E-state index contributed by atoms with van der Waals surface area (Å²) < 4.78 is 19.0. The van der Waals surface area contributed by atoms with Crippen LogP contribution < -0.4 is 10.5 Å². The van der Waals surface area contributed by atoms with Crippen LogP contribution in [0.3, 0.4) is 0 Å². The summed E-state index contributed by atoms with van der Waals surface area (Å²) in [6.07, 6.45) is 1.75. The Balaban J connectivity index is 2.03. The second kappa shape index (κ2) is 7.43. The Morgan fingerprint density at radius 3 is 2.76 bits per heavy atom. The molecule has 2 aromatic rings. The van der Waals surface area contributed by atoms with E-state index in [0.717, 1.165) is 24.2 Å². The molecule has 1 atom stereocenters. The zero-order valence-electron chi connectivity index (χ0n) is 12.0. The molecule has 0 heterocycles. The minimum absolute atomic E-state index is 0.113. The molecule has 2 rings (SSSR count). The molecular formula is C17H19ClFNO. The average molecular weight is 308 g/mol. The lowest BCUT2D eigenvalue weighted by Crippen LogP contribution is -2.21. The number of hydrogen-bond donors (Lipinski definition) is 1. The first kappa shape index (κ1) is 15.8. The second-order valence-corrected chi connectivity index (χ2v) is 5.40. The number of benzene rings is 2. The van der Waals surface area contributed by atoms with Gasteiger partial charge in [0, 0.05) is 11.6 Å². The van der Waals surface area contributed by atoms with Gasteiger partial charge >= 0.3 is 0 Å². The molecular weight excluding hydrogens is 289 g/mol. The highest BCUT2D eigenvalue weighted by Crippen LogP contribution is 2.22. The minimum atomic E-state index is -0.430. The molecule has 2 aromatic carbocycles. The first-order valence-corrected chi connectivity index (χ1v) is 7.38. The van der Waals surface area contributed by atoms with Gasteiger partial charge in [-0.05, 0) is 36.6 Å². The predicted molar refractivity (Wildman–Crippen MR) is 84.2 cm³/mol. The van der Waals surface area contributed by atoms with Gasteiger partial charge in [0.2, 0.25) is 0 Å². The lowest BCUT2D eigenvalue weighted by atomic mass is 10.0. The number of rotatable bonds is 6. The fourth-order valence-corrected chi connectivity index (χ4v) is 2.21. The summed E-state index contributed by atoms with van der Waals surface area (Å²) in [5, 5.41) is 0.113. The van der Waals surface area contributed by atoms with E-state index in [1.54, 1.807) is 12.1 Å². The van der Waals surface area contributed by atoms with E-state index in [9.17, 15) is 4.39 Å². The largest absolute Gasteiger partial charge is 0.489 e. The molecule has 21 heavy (non-hydrogen) atoms.